The van der Waals surface area contributed by atoms with Crippen LogP contribution in [-0.4, -0.2) is 19.7 Å². The lowest BCUT2D eigenvalue weighted by Gasteiger charge is -2.03. The van der Waals surface area contributed by atoms with E-state index in [2.05, 4.69) is 15.1 Å². The first-order valence-corrected chi connectivity index (χ1v) is 5.86. The molecule has 2 heterocycles. The van der Waals surface area contributed by atoms with Crippen molar-refractivity contribution >= 4 is 17.3 Å². The highest BCUT2D eigenvalue weighted by Gasteiger charge is 2.29. The number of aromatic nitrogens is 4. The first kappa shape index (κ1) is 11.2. The van der Waals surface area contributed by atoms with E-state index in [1.54, 1.807) is 0 Å². The molecule has 7 nitrogen and oxygen atoms in total. The molecule has 0 unspecified atom stereocenters. The fourth-order valence-electron chi connectivity index (χ4n) is 1.58. The molecule has 1 aliphatic rings. The van der Waals surface area contributed by atoms with Crippen molar-refractivity contribution in [2.75, 3.05) is 5.73 Å². The van der Waals surface area contributed by atoms with Crippen LogP contribution in [0.25, 0.3) is 0 Å². The molecule has 2 N–H and O–H groups in total. The van der Waals surface area contributed by atoms with Gasteiger partial charge in [-0.25, -0.2) is 4.98 Å². The number of halogens is 1. The number of hydrogen-bond acceptors (Lipinski definition) is 6. The molecule has 0 bridgehead atoms. The van der Waals surface area contributed by atoms with Gasteiger partial charge < -0.3 is 10.3 Å². The van der Waals surface area contributed by atoms with Crippen molar-refractivity contribution in [3.8, 4) is 0 Å². The Hall–Kier alpha value is -1.89. The number of anilines is 1. The molecular formula is C10H10ClN5O2. The van der Waals surface area contributed by atoms with Gasteiger partial charge in [0.1, 0.15) is 5.69 Å². The van der Waals surface area contributed by atoms with Crippen LogP contribution >= 0.6 is 11.6 Å². The topological polar surface area (TPSA) is 99.8 Å². The largest absolute Gasteiger partial charge is 0.392 e. The molecule has 1 fully saturated rings. The fourth-order valence-corrected chi connectivity index (χ4v) is 1.70. The standard InChI is InChI=1S/C10H10ClN5O2/c11-8-7(12)10(17)16(4-13-8)3-6-14-9(18-15-6)5-1-2-5/h4-5H,1-3,12H2. The summed E-state index contributed by atoms with van der Waals surface area (Å²) in [5.41, 5.74) is 5.02. The molecule has 94 valence electrons. The summed E-state index contributed by atoms with van der Waals surface area (Å²) >= 11 is 5.64. The Bertz CT molecular complexity index is 646. The number of nitrogens with zero attached hydrogens (tertiary/aromatic N) is 4. The maximum Gasteiger partial charge on any atom is 0.278 e. The normalized spacial score (nSPS) is 14.9. The zero-order chi connectivity index (χ0) is 12.7. The van der Waals surface area contributed by atoms with Gasteiger partial charge in [0.2, 0.25) is 5.89 Å². The van der Waals surface area contributed by atoms with Crippen molar-refractivity contribution in [1.82, 2.24) is 19.7 Å². The molecule has 0 radical (unpaired) electrons. The van der Waals surface area contributed by atoms with E-state index >= 15 is 0 Å². The number of hydrogen-bond donors (Lipinski definition) is 1. The van der Waals surface area contributed by atoms with Gasteiger partial charge in [-0.3, -0.25) is 9.36 Å². The lowest BCUT2D eigenvalue weighted by molar-refractivity contribution is 0.373. The van der Waals surface area contributed by atoms with Crippen molar-refractivity contribution in [3.63, 3.8) is 0 Å². The Morgan fingerprint density at radius 1 is 1.56 bits per heavy atom. The lowest BCUT2D eigenvalue weighted by Crippen LogP contribution is -2.24. The van der Waals surface area contributed by atoms with Crippen LogP contribution in [0.2, 0.25) is 5.15 Å². The molecule has 18 heavy (non-hydrogen) atoms. The van der Waals surface area contributed by atoms with Gasteiger partial charge in [-0.2, -0.15) is 4.98 Å². The molecule has 2 aromatic rings. The molecular weight excluding hydrogens is 258 g/mol. The Kier molecular flexibility index (Phi) is 2.55. The maximum atomic E-state index is 11.8. The van der Waals surface area contributed by atoms with Gasteiger partial charge in [-0.1, -0.05) is 16.8 Å². The summed E-state index contributed by atoms with van der Waals surface area (Å²) in [6, 6.07) is 0. The number of nitrogens with two attached hydrogens (primary N) is 1. The molecule has 1 aliphatic carbocycles. The zero-order valence-corrected chi connectivity index (χ0v) is 10.1. The molecule has 0 spiro atoms. The third-order valence-electron chi connectivity index (χ3n) is 2.75. The second-order valence-corrected chi connectivity index (χ2v) is 4.56. The Morgan fingerprint density at radius 2 is 2.33 bits per heavy atom. The van der Waals surface area contributed by atoms with Crippen molar-refractivity contribution in [1.29, 1.82) is 0 Å². The minimum atomic E-state index is -0.409. The molecule has 1 saturated carbocycles. The molecule has 2 aromatic heterocycles. The predicted molar refractivity (Wildman–Crippen MR) is 63.3 cm³/mol. The summed E-state index contributed by atoms with van der Waals surface area (Å²) < 4.78 is 6.39. The summed E-state index contributed by atoms with van der Waals surface area (Å²) in [6.07, 6.45) is 3.47. The van der Waals surface area contributed by atoms with E-state index in [1.807, 2.05) is 0 Å². The average Bonchev–Trinajstić information content (AvgIpc) is 3.11. The summed E-state index contributed by atoms with van der Waals surface area (Å²) in [5.74, 6) is 1.45. The number of nitrogen functional groups attached to an aromatic ring is 1. The molecule has 0 atom stereocenters. The van der Waals surface area contributed by atoms with Gasteiger partial charge in [-0.05, 0) is 12.8 Å². The highest BCUT2D eigenvalue weighted by molar-refractivity contribution is 6.31. The van der Waals surface area contributed by atoms with Crippen molar-refractivity contribution in [3.05, 3.63) is 33.5 Å². The van der Waals surface area contributed by atoms with Gasteiger partial charge in [0.15, 0.2) is 11.0 Å². The molecule has 0 aromatic carbocycles. The lowest BCUT2D eigenvalue weighted by atomic mass is 10.4. The third-order valence-corrected chi connectivity index (χ3v) is 3.05. The molecule has 8 heteroatoms. The quantitative estimate of drug-likeness (QED) is 0.825. The van der Waals surface area contributed by atoms with Crippen LogP contribution in [0.15, 0.2) is 15.6 Å². The van der Waals surface area contributed by atoms with Gasteiger partial charge in [0, 0.05) is 5.92 Å². The highest BCUT2D eigenvalue weighted by atomic mass is 35.5. The smallest absolute Gasteiger partial charge is 0.278 e. The van der Waals surface area contributed by atoms with Crippen LogP contribution in [0.1, 0.15) is 30.5 Å². The van der Waals surface area contributed by atoms with E-state index in [9.17, 15) is 4.79 Å². The summed E-state index contributed by atoms with van der Waals surface area (Å²) in [6.45, 7) is 0.170. The minimum absolute atomic E-state index is 0.00281. The molecule has 0 amide bonds. The Balaban J connectivity index is 1.87. The van der Waals surface area contributed by atoms with E-state index in [0.717, 1.165) is 12.8 Å². The van der Waals surface area contributed by atoms with E-state index < -0.39 is 5.56 Å². The van der Waals surface area contributed by atoms with E-state index in [1.165, 1.54) is 10.9 Å². The van der Waals surface area contributed by atoms with Crippen molar-refractivity contribution in [2.24, 2.45) is 0 Å². The van der Waals surface area contributed by atoms with Crippen LogP contribution in [0, 0.1) is 0 Å². The Labute approximate surface area is 107 Å². The molecule has 0 aliphatic heterocycles. The van der Waals surface area contributed by atoms with Crippen molar-refractivity contribution < 1.29 is 4.52 Å². The van der Waals surface area contributed by atoms with E-state index in [-0.39, 0.29) is 17.4 Å². The summed E-state index contributed by atoms with van der Waals surface area (Å²) in [7, 11) is 0. The SMILES string of the molecule is Nc1c(Cl)ncn(Cc2noc(C3CC3)n2)c1=O. The van der Waals surface area contributed by atoms with Crippen LogP contribution in [0.5, 0.6) is 0 Å². The monoisotopic (exact) mass is 267 g/mol. The van der Waals surface area contributed by atoms with Crippen LogP contribution in [-0.2, 0) is 6.54 Å². The van der Waals surface area contributed by atoms with Gasteiger partial charge >= 0.3 is 0 Å². The van der Waals surface area contributed by atoms with Crippen LogP contribution < -0.4 is 11.3 Å². The van der Waals surface area contributed by atoms with Gasteiger partial charge in [0.25, 0.3) is 5.56 Å². The molecule has 0 saturated heterocycles. The third kappa shape index (κ3) is 1.97. The van der Waals surface area contributed by atoms with Gasteiger partial charge in [0.05, 0.1) is 12.9 Å². The van der Waals surface area contributed by atoms with Gasteiger partial charge in [-0.15, -0.1) is 0 Å². The Morgan fingerprint density at radius 3 is 3.06 bits per heavy atom. The van der Waals surface area contributed by atoms with E-state index in [4.69, 9.17) is 21.9 Å². The van der Waals surface area contributed by atoms with Crippen molar-refractivity contribution in [2.45, 2.75) is 25.3 Å². The zero-order valence-electron chi connectivity index (χ0n) is 9.34. The second kappa shape index (κ2) is 4.09. The highest BCUT2D eigenvalue weighted by Crippen LogP contribution is 2.38. The summed E-state index contributed by atoms with van der Waals surface area (Å²) in [5, 5.41) is 3.82. The first-order valence-electron chi connectivity index (χ1n) is 5.48. The summed E-state index contributed by atoms with van der Waals surface area (Å²) in [4.78, 5) is 19.8. The molecule has 3 rings (SSSR count). The fraction of sp³-hybridized carbons (Fsp3) is 0.400. The predicted octanol–water partition coefficient (Wildman–Crippen LogP) is 0.788. The average molecular weight is 268 g/mol. The van der Waals surface area contributed by atoms with Crippen LogP contribution in [0.4, 0.5) is 5.69 Å². The minimum Gasteiger partial charge on any atom is -0.392 e. The first-order chi connectivity index (χ1) is 8.65. The maximum absolute atomic E-state index is 11.8. The van der Waals surface area contributed by atoms with E-state index in [0.29, 0.717) is 17.6 Å². The number of rotatable bonds is 3. The van der Waals surface area contributed by atoms with Crippen LogP contribution in [0.3, 0.4) is 0 Å². The second-order valence-electron chi connectivity index (χ2n) is 4.21.